The van der Waals surface area contributed by atoms with E-state index in [0.29, 0.717) is 0 Å². The van der Waals surface area contributed by atoms with Crippen LogP contribution in [0.3, 0.4) is 0 Å². The van der Waals surface area contributed by atoms with Gasteiger partial charge in [0.25, 0.3) is 0 Å². The predicted octanol–water partition coefficient (Wildman–Crippen LogP) is 10.1. The van der Waals surface area contributed by atoms with E-state index in [0.717, 1.165) is 0 Å². The second kappa shape index (κ2) is 9.61. The van der Waals surface area contributed by atoms with E-state index < -0.39 is 0 Å². The molecule has 0 fully saturated rings. The van der Waals surface area contributed by atoms with Crippen molar-refractivity contribution in [2.45, 2.75) is 157 Å². The maximum absolute atomic E-state index is 4.94. The Labute approximate surface area is 220 Å². The minimum absolute atomic E-state index is 0.128. The van der Waals surface area contributed by atoms with Gasteiger partial charge in [-0.15, -0.1) is 22.7 Å². The molecule has 4 heteroatoms. The summed E-state index contributed by atoms with van der Waals surface area (Å²) in [4.78, 5) is 12.8. The van der Waals surface area contributed by atoms with Crippen LogP contribution in [0.1, 0.15) is 156 Å². The van der Waals surface area contributed by atoms with Crippen LogP contribution >= 0.6 is 22.7 Å². The molecule has 2 aromatic heterocycles. The molecule has 196 valence electrons. The summed E-state index contributed by atoms with van der Waals surface area (Å²) in [6.45, 7) is 40.6. The Morgan fingerprint density at radius 1 is 0.353 bits per heavy atom. The molecular formula is C30H54N2S2. The zero-order chi connectivity index (χ0) is 27.3. The molecule has 0 aromatic carbocycles. The monoisotopic (exact) mass is 506 g/mol. The van der Waals surface area contributed by atoms with Gasteiger partial charge < -0.3 is 0 Å². The second-order valence-corrected chi connectivity index (χ2v) is 17.9. The minimum atomic E-state index is 0.128. The zero-order valence-corrected chi connectivity index (χ0v) is 27.3. The highest BCUT2D eigenvalue weighted by Crippen LogP contribution is 2.42. The largest absolute Gasteiger partial charge is 0.245 e. The van der Waals surface area contributed by atoms with Gasteiger partial charge in [-0.2, -0.15) is 0 Å². The van der Waals surface area contributed by atoms with E-state index >= 15 is 0 Å². The Morgan fingerprint density at radius 2 is 0.588 bits per heavy atom. The minimum Gasteiger partial charge on any atom is -0.245 e. The highest BCUT2D eigenvalue weighted by Gasteiger charge is 2.33. The van der Waals surface area contributed by atoms with E-state index in [2.05, 4.69) is 125 Å². The number of hydrogen-bond donors (Lipinski definition) is 0. The molecule has 2 rings (SSSR count). The maximum Gasteiger partial charge on any atom is 0.0985 e. The Kier molecular flexibility index (Phi) is 8.85. The lowest BCUT2D eigenvalue weighted by atomic mass is 9.83. The van der Waals surface area contributed by atoms with E-state index in [1.165, 1.54) is 31.2 Å². The first-order valence-corrected chi connectivity index (χ1v) is 14.3. The van der Waals surface area contributed by atoms with Crippen molar-refractivity contribution in [1.29, 1.82) is 0 Å². The van der Waals surface area contributed by atoms with E-state index in [4.69, 9.17) is 9.97 Å². The molecule has 0 aliphatic rings. The molecular weight excluding hydrogens is 452 g/mol. The van der Waals surface area contributed by atoms with Crippen LogP contribution in [0.4, 0.5) is 0 Å². The summed E-state index contributed by atoms with van der Waals surface area (Å²) in [7, 11) is 0. The van der Waals surface area contributed by atoms with Gasteiger partial charge in [-0.25, -0.2) is 9.97 Å². The van der Waals surface area contributed by atoms with Crippen LogP contribution in [0.25, 0.3) is 0 Å². The summed E-state index contributed by atoms with van der Waals surface area (Å²) < 4.78 is 0. The standard InChI is InChI=1S/2C15H27NS/c2*1-13(2,3)10-11(14(4,5)6)17-12(16-10)15(7,8)9/h2*1-9H3. The van der Waals surface area contributed by atoms with Crippen molar-refractivity contribution in [2.75, 3.05) is 0 Å². The first-order valence-electron chi connectivity index (χ1n) is 12.7. The lowest BCUT2D eigenvalue weighted by Gasteiger charge is -2.24. The fourth-order valence-electron chi connectivity index (χ4n) is 3.32. The van der Waals surface area contributed by atoms with Crippen LogP contribution in [-0.4, -0.2) is 9.97 Å². The summed E-state index contributed by atoms with van der Waals surface area (Å²) in [5, 5.41) is 2.51. The highest BCUT2D eigenvalue weighted by atomic mass is 32.1. The van der Waals surface area contributed by atoms with E-state index in [1.54, 1.807) is 0 Å². The molecule has 0 unspecified atom stereocenters. The third-order valence-electron chi connectivity index (χ3n) is 5.32. The molecule has 2 heterocycles. The van der Waals surface area contributed by atoms with Gasteiger partial charge in [0.15, 0.2) is 0 Å². The first-order chi connectivity index (χ1) is 14.7. The lowest BCUT2D eigenvalue weighted by Crippen LogP contribution is -2.20. The van der Waals surface area contributed by atoms with Gasteiger partial charge in [-0.3, -0.25) is 0 Å². The zero-order valence-electron chi connectivity index (χ0n) is 25.7. The van der Waals surface area contributed by atoms with Crippen LogP contribution in [0.15, 0.2) is 0 Å². The quantitative estimate of drug-likeness (QED) is 0.355. The molecule has 0 radical (unpaired) electrons. The summed E-state index contributed by atoms with van der Waals surface area (Å²) in [5.41, 5.74) is 3.47. The number of rotatable bonds is 0. The third kappa shape index (κ3) is 8.15. The molecule has 2 aromatic rings. The smallest absolute Gasteiger partial charge is 0.0985 e. The summed E-state index contributed by atoms with van der Waals surface area (Å²) in [6.07, 6.45) is 0. The fourth-order valence-corrected chi connectivity index (χ4v) is 6.10. The van der Waals surface area contributed by atoms with Crippen molar-refractivity contribution >= 4 is 22.7 Å². The highest BCUT2D eigenvalue weighted by molar-refractivity contribution is 7.12. The van der Waals surface area contributed by atoms with Gasteiger partial charge in [-0.05, 0) is 10.8 Å². The van der Waals surface area contributed by atoms with Gasteiger partial charge in [0, 0.05) is 31.4 Å². The third-order valence-corrected chi connectivity index (χ3v) is 9.13. The molecule has 0 amide bonds. The molecule has 0 N–H and O–H groups in total. The van der Waals surface area contributed by atoms with Gasteiger partial charge in [-0.1, -0.05) is 125 Å². The topological polar surface area (TPSA) is 25.8 Å². The molecule has 0 saturated heterocycles. The van der Waals surface area contributed by atoms with Crippen LogP contribution in [0.2, 0.25) is 0 Å². The number of thiazole rings is 2. The molecule has 0 aliphatic carbocycles. The van der Waals surface area contributed by atoms with Crippen LogP contribution < -0.4 is 0 Å². The average molecular weight is 507 g/mol. The van der Waals surface area contributed by atoms with Gasteiger partial charge >= 0.3 is 0 Å². The molecule has 0 atom stereocenters. The molecule has 34 heavy (non-hydrogen) atoms. The van der Waals surface area contributed by atoms with Gasteiger partial charge in [0.2, 0.25) is 0 Å². The predicted molar refractivity (Wildman–Crippen MR) is 156 cm³/mol. The van der Waals surface area contributed by atoms with Gasteiger partial charge in [0.05, 0.1) is 21.4 Å². The first kappa shape index (κ1) is 31.3. The van der Waals surface area contributed by atoms with Crippen molar-refractivity contribution in [1.82, 2.24) is 9.97 Å². The Hall–Kier alpha value is -0.740. The number of aromatic nitrogens is 2. The van der Waals surface area contributed by atoms with Gasteiger partial charge in [0.1, 0.15) is 0 Å². The molecule has 0 spiro atoms. The Morgan fingerprint density at radius 3 is 0.706 bits per heavy atom. The number of nitrogens with zero attached hydrogens (tertiary/aromatic N) is 2. The van der Waals surface area contributed by atoms with Crippen molar-refractivity contribution in [3.8, 4) is 0 Å². The summed E-state index contributed by atoms with van der Waals surface area (Å²) in [6, 6.07) is 0. The average Bonchev–Trinajstić information content (AvgIpc) is 3.18. The van der Waals surface area contributed by atoms with E-state index in [-0.39, 0.29) is 32.5 Å². The molecule has 0 aliphatic heterocycles. The van der Waals surface area contributed by atoms with Crippen LogP contribution in [0.5, 0.6) is 0 Å². The summed E-state index contributed by atoms with van der Waals surface area (Å²) in [5.74, 6) is 0. The van der Waals surface area contributed by atoms with Crippen LogP contribution in [-0.2, 0) is 32.5 Å². The molecule has 0 bridgehead atoms. The van der Waals surface area contributed by atoms with Crippen LogP contribution in [0, 0.1) is 0 Å². The van der Waals surface area contributed by atoms with Crippen molar-refractivity contribution < 1.29 is 0 Å². The van der Waals surface area contributed by atoms with Crippen molar-refractivity contribution in [2.24, 2.45) is 0 Å². The normalized spacial score (nSPS) is 14.2. The molecule has 2 nitrogen and oxygen atoms in total. The fraction of sp³-hybridized carbons (Fsp3) is 0.800. The van der Waals surface area contributed by atoms with E-state index in [9.17, 15) is 0 Å². The summed E-state index contributed by atoms with van der Waals surface area (Å²) >= 11 is 3.78. The molecule has 0 saturated carbocycles. The SMILES string of the molecule is CC(C)(C)c1nc(C(C)(C)C)c(C(C)(C)C)s1.CC(C)(C)c1nc(C(C)(C)C)c(C(C)(C)C)s1. The lowest BCUT2D eigenvalue weighted by molar-refractivity contribution is 0.518. The van der Waals surface area contributed by atoms with E-state index in [1.807, 2.05) is 22.7 Å². The Bertz CT molecular complexity index is 805. The van der Waals surface area contributed by atoms with Crippen molar-refractivity contribution in [3.05, 3.63) is 31.2 Å². The maximum atomic E-state index is 4.94. The van der Waals surface area contributed by atoms with Crippen molar-refractivity contribution in [3.63, 3.8) is 0 Å². The second-order valence-electron chi connectivity index (χ2n) is 15.9. The Balaban J connectivity index is 0.000000340. The number of hydrogen-bond acceptors (Lipinski definition) is 4.